The number of hydrogen-bond acceptors (Lipinski definition) is 3. The van der Waals surface area contributed by atoms with Crippen molar-refractivity contribution >= 4 is 5.97 Å². The van der Waals surface area contributed by atoms with Crippen molar-refractivity contribution in [3.05, 3.63) is 0 Å². The van der Waals surface area contributed by atoms with Crippen LogP contribution >= 0.6 is 0 Å². The van der Waals surface area contributed by atoms with Crippen LogP contribution in [0.4, 0.5) is 0 Å². The molecule has 2 heterocycles. The van der Waals surface area contributed by atoms with Gasteiger partial charge in [0.15, 0.2) is 5.79 Å². The molecule has 13 heavy (non-hydrogen) atoms. The predicted molar refractivity (Wildman–Crippen MR) is 44.2 cm³/mol. The lowest BCUT2D eigenvalue weighted by Gasteiger charge is -2.39. The molecule has 0 amide bonds. The van der Waals surface area contributed by atoms with E-state index in [1.165, 1.54) is 0 Å². The van der Waals surface area contributed by atoms with Crippen LogP contribution in [-0.4, -0.2) is 29.6 Å². The third-order valence-electron chi connectivity index (χ3n) is 3.13. The zero-order chi connectivity index (χ0) is 9.69. The zero-order valence-electron chi connectivity index (χ0n) is 7.87. The summed E-state index contributed by atoms with van der Waals surface area (Å²) in [6.07, 6.45) is 1.38. The summed E-state index contributed by atoms with van der Waals surface area (Å²) in [5, 5.41) is 9.04. The maximum atomic E-state index is 11.0. The first kappa shape index (κ1) is 8.97. The molecule has 0 aliphatic carbocycles. The van der Waals surface area contributed by atoms with Crippen molar-refractivity contribution in [3.8, 4) is 0 Å². The van der Waals surface area contributed by atoms with Crippen molar-refractivity contribution in [1.29, 1.82) is 0 Å². The van der Waals surface area contributed by atoms with E-state index in [0.717, 1.165) is 12.8 Å². The fourth-order valence-electron chi connectivity index (χ4n) is 1.96. The second kappa shape index (κ2) is 2.45. The highest BCUT2D eigenvalue weighted by molar-refractivity contribution is 5.75. The molecule has 0 spiro atoms. The number of carbonyl (C=O) groups is 1. The van der Waals surface area contributed by atoms with E-state index in [1.54, 1.807) is 6.92 Å². The molecular formula is C9H14O4. The molecular weight excluding hydrogens is 172 g/mol. The molecule has 0 aromatic carbocycles. The fraction of sp³-hybridized carbons (Fsp3) is 0.889. The van der Waals surface area contributed by atoms with E-state index in [4.69, 9.17) is 14.6 Å². The van der Waals surface area contributed by atoms with E-state index < -0.39 is 17.2 Å². The molecule has 2 saturated heterocycles. The Morgan fingerprint density at radius 3 is 2.85 bits per heavy atom. The van der Waals surface area contributed by atoms with Crippen LogP contribution < -0.4 is 0 Å². The number of carboxylic acid groups (broad SMARTS) is 1. The van der Waals surface area contributed by atoms with Gasteiger partial charge in [0, 0.05) is 6.42 Å². The molecule has 0 aromatic heterocycles. The molecule has 0 saturated carbocycles. The van der Waals surface area contributed by atoms with E-state index in [0.29, 0.717) is 0 Å². The Bertz CT molecular complexity index is 252. The molecule has 2 rings (SSSR count). The first-order valence-corrected chi connectivity index (χ1v) is 4.51. The van der Waals surface area contributed by atoms with Crippen LogP contribution in [0.15, 0.2) is 0 Å². The average molecular weight is 186 g/mol. The highest BCUT2D eigenvalue weighted by atomic mass is 16.7. The van der Waals surface area contributed by atoms with Gasteiger partial charge < -0.3 is 14.6 Å². The second-order valence-electron chi connectivity index (χ2n) is 4.29. The van der Waals surface area contributed by atoms with Crippen LogP contribution in [0.2, 0.25) is 0 Å². The maximum Gasteiger partial charge on any atom is 0.314 e. The molecule has 2 aliphatic rings. The lowest BCUT2D eigenvalue weighted by atomic mass is 9.84. The lowest BCUT2D eigenvalue weighted by molar-refractivity contribution is -0.286. The Morgan fingerprint density at radius 2 is 2.23 bits per heavy atom. The largest absolute Gasteiger partial charge is 0.481 e. The summed E-state index contributed by atoms with van der Waals surface area (Å²) in [6.45, 7) is 3.81. The highest BCUT2D eigenvalue weighted by Gasteiger charge is 2.55. The maximum absolute atomic E-state index is 11.0. The topological polar surface area (TPSA) is 55.8 Å². The van der Waals surface area contributed by atoms with E-state index in [9.17, 15) is 4.79 Å². The van der Waals surface area contributed by atoms with Gasteiger partial charge in [0.1, 0.15) is 5.41 Å². The van der Waals surface area contributed by atoms with Crippen molar-refractivity contribution in [2.45, 2.75) is 38.6 Å². The summed E-state index contributed by atoms with van der Waals surface area (Å²) >= 11 is 0. The number of rotatable bonds is 1. The molecule has 4 nitrogen and oxygen atoms in total. The zero-order valence-corrected chi connectivity index (χ0v) is 7.87. The SMILES string of the molecule is C[C@@]12CC[C@@H](O1)[C@@](C)(C(=O)O)CO2. The second-order valence-corrected chi connectivity index (χ2v) is 4.29. The summed E-state index contributed by atoms with van der Waals surface area (Å²) < 4.78 is 11.0. The summed E-state index contributed by atoms with van der Waals surface area (Å²) in [7, 11) is 0. The number of carboxylic acids is 1. The van der Waals surface area contributed by atoms with Crippen LogP contribution in [0, 0.1) is 5.41 Å². The summed E-state index contributed by atoms with van der Waals surface area (Å²) in [4.78, 5) is 11.0. The predicted octanol–water partition coefficient (Wildman–Crippen LogP) is 1.00. The Balaban J connectivity index is 2.24. The highest BCUT2D eigenvalue weighted by Crippen LogP contribution is 2.45. The molecule has 4 heteroatoms. The molecule has 1 N–H and O–H groups in total. The van der Waals surface area contributed by atoms with Gasteiger partial charge in [0.05, 0.1) is 12.7 Å². The quantitative estimate of drug-likeness (QED) is 0.663. The number of fused-ring (bicyclic) bond motifs is 2. The monoisotopic (exact) mass is 186 g/mol. The van der Waals surface area contributed by atoms with Gasteiger partial charge in [-0.05, 0) is 20.3 Å². The van der Waals surface area contributed by atoms with Crippen LogP contribution in [0.1, 0.15) is 26.7 Å². The van der Waals surface area contributed by atoms with Gasteiger partial charge in [-0.3, -0.25) is 4.79 Å². The van der Waals surface area contributed by atoms with Crippen LogP contribution in [-0.2, 0) is 14.3 Å². The molecule has 3 atom stereocenters. The minimum atomic E-state index is -0.865. The number of aliphatic carboxylic acids is 1. The minimum Gasteiger partial charge on any atom is -0.481 e. The lowest BCUT2D eigenvalue weighted by Crippen LogP contribution is -2.51. The standard InChI is InChI=1S/C9H14O4/c1-8(7(10)11)5-12-9(2)4-3-6(8)13-9/h6H,3-5H2,1-2H3,(H,10,11)/t6-,8+,9+/m1/s1. The van der Waals surface area contributed by atoms with E-state index in [2.05, 4.69) is 0 Å². The van der Waals surface area contributed by atoms with Gasteiger partial charge in [-0.1, -0.05) is 0 Å². The van der Waals surface area contributed by atoms with Gasteiger partial charge >= 0.3 is 5.97 Å². The van der Waals surface area contributed by atoms with Gasteiger partial charge in [-0.2, -0.15) is 0 Å². The van der Waals surface area contributed by atoms with Crippen molar-refractivity contribution in [2.24, 2.45) is 5.41 Å². The first-order chi connectivity index (χ1) is 5.96. The van der Waals surface area contributed by atoms with Crippen molar-refractivity contribution in [3.63, 3.8) is 0 Å². The van der Waals surface area contributed by atoms with E-state index in [-0.39, 0.29) is 12.7 Å². The Labute approximate surface area is 76.8 Å². The Kier molecular flexibility index (Phi) is 1.69. The summed E-state index contributed by atoms with van der Waals surface area (Å²) in [5.41, 5.74) is -0.865. The third-order valence-corrected chi connectivity index (χ3v) is 3.13. The van der Waals surface area contributed by atoms with Crippen molar-refractivity contribution < 1.29 is 19.4 Å². The molecule has 2 fully saturated rings. The third kappa shape index (κ3) is 1.16. The molecule has 0 radical (unpaired) electrons. The summed E-state index contributed by atoms with van der Waals surface area (Å²) in [5.74, 6) is -1.36. The van der Waals surface area contributed by atoms with Gasteiger partial charge in [0.2, 0.25) is 0 Å². The van der Waals surface area contributed by atoms with Crippen molar-refractivity contribution in [2.75, 3.05) is 6.61 Å². The number of hydrogen-bond donors (Lipinski definition) is 1. The Hall–Kier alpha value is -0.610. The normalized spacial score (nSPS) is 49.2. The molecule has 2 bridgehead atoms. The molecule has 74 valence electrons. The van der Waals surface area contributed by atoms with Gasteiger partial charge in [-0.15, -0.1) is 0 Å². The van der Waals surface area contributed by atoms with Crippen LogP contribution in [0.25, 0.3) is 0 Å². The van der Waals surface area contributed by atoms with E-state index >= 15 is 0 Å². The molecule has 0 unspecified atom stereocenters. The average Bonchev–Trinajstić information content (AvgIpc) is 2.39. The smallest absolute Gasteiger partial charge is 0.314 e. The summed E-state index contributed by atoms with van der Waals surface area (Å²) in [6, 6.07) is 0. The fourth-order valence-corrected chi connectivity index (χ4v) is 1.96. The van der Waals surface area contributed by atoms with Gasteiger partial charge in [0.25, 0.3) is 0 Å². The minimum absolute atomic E-state index is 0.191. The number of ether oxygens (including phenoxy) is 2. The van der Waals surface area contributed by atoms with E-state index in [1.807, 2.05) is 6.92 Å². The first-order valence-electron chi connectivity index (χ1n) is 4.51. The molecule has 2 aliphatic heterocycles. The van der Waals surface area contributed by atoms with Crippen LogP contribution in [0.3, 0.4) is 0 Å². The van der Waals surface area contributed by atoms with Crippen LogP contribution in [0.5, 0.6) is 0 Å². The Morgan fingerprint density at radius 1 is 1.54 bits per heavy atom. The molecule has 0 aromatic rings. The van der Waals surface area contributed by atoms with Crippen molar-refractivity contribution in [1.82, 2.24) is 0 Å². The van der Waals surface area contributed by atoms with Gasteiger partial charge in [-0.25, -0.2) is 0 Å².